The molecule has 11 aromatic rings. The van der Waals surface area contributed by atoms with Gasteiger partial charge in [-0.2, -0.15) is 0 Å². The quantitative estimate of drug-likeness (QED) is 0.149. The zero-order valence-electron chi connectivity index (χ0n) is 57.0. The number of anilines is 3. The number of benzene rings is 10. The Morgan fingerprint density at radius 3 is 1.53 bits per heavy atom. The van der Waals surface area contributed by atoms with Gasteiger partial charge < -0.3 is 9.47 Å². The summed E-state index contributed by atoms with van der Waals surface area (Å²) in [5, 5.41) is 3.27. The van der Waals surface area contributed by atoms with Crippen LogP contribution < -0.4 is 4.90 Å². The van der Waals surface area contributed by atoms with Crippen molar-refractivity contribution in [1.82, 2.24) is 4.57 Å². The fraction of sp³-hybridized carbons (Fsp3) is 0. The second kappa shape index (κ2) is 15.1. The van der Waals surface area contributed by atoms with Crippen molar-refractivity contribution in [2.45, 2.75) is 0 Å². The van der Waals surface area contributed by atoms with Crippen LogP contribution in [0.25, 0.3) is 82.8 Å². The molecular weight excluding hydrogens is 725 g/mol. The van der Waals surface area contributed by atoms with Gasteiger partial charge in [-0.05, 0) is 98.8 Å². The van der Waals surface area contributed by atoms with Crippen LogP contribution in [-0.2, 0) is 0 Å². The fourth-order valence-corrected chi connectivity index (χ4v) is 7.20. The summed E-state index contributed by atoms with van der Waals surface area (Å²) < 4.78 is 238. The minimum atomic E-state index is -1.21. The predicted octanol–water partition coefficient (Wildman–Crippen LogP) is 16.1. The predicted molar refractivity (Wildman–Crippen MR) is 255 cm³/mol. The molecule has 11 rings (SSSR count). The van der Waals surface area contributed by atoms with Gasteiger partial charge >= 0.3 is 0 Å². The van der Waals surface area contributed by atoms with Crippen LogP contribution in [0.4, 0.5) is 17.1 Å². The zero-order chi connectivity index (χ0) is 62.5. The van der Waals surface area contributed by atoms with Gasteiger partial charge in [0.2, 0.25) is 0 Å². The topological polar surface area (TPSA) is 8.17 Å². The molecule has 1 aromatic heterocycles. The summed E-state index contributed by atoms with van der Waals surface area (Å²) in [5.74, 6) is 0. The zero-order valence-corrected chi connectivity index (χ0v) is 31.0. The molecule has 282 valence electrons. The van der Waals surface area contributed by atoms with Gasteiger partial charge in [-0.3, -0.25) is 0 Å². The van der Waals surface area contributed by atoms with E-state index in [-0.39, 0.29) is 11.1 Å². The second-order valence-corrected chi connectivity index (χ2v) is 13.3. The van der Waals surface area contributed by atoms with Gasteiger partial charge in [0.15, 0.2) is 0 Å². The minimum Gasteiger partial charge on any atom is -0.310 e. The molecule has 0 saturated carbocycles. The number of rotatable bonds is 8. The molecule has 0 amide bonds. The molecule has 0 fully saturated rings. The molecule has 10 aromatic carbocycles. The number of fused-ring (bicyclic) bond motifs is 4. The third-order valence-electron chi connectivity index (χ3n) is 9.91. The van der Waals surface area contributed by atoms with Crippen LogP contribution in [-0.4, -0.2) is 4.57 Å². The highest BCUT2D eigenvalue weighted by Gasteiger charge is 2.19. The first-order valence-electron chi connectivity index (χ1n) is 31.5. The van der Waals surface area contributed by atoms with Crippen molar-refractivity contribution in [1.29, 1.82) is 0 Å². The largest absolute Gasteiger partial charge is 0.310 e. The van der Waals surface area contributed by atoms with Crippen molar-refractivity contribution in [3.63, 3.8) is 0 Å². The van der Waals surface area contributed by atoms with E-state index in [0.29, 0.717) is 15.8 Å². The Morgan fingerprint density at radius 1 is 0.350 bits per heavy atom. The van der Waals surface area contributed by atoms with Gasteiger partial charge in [0.1, 0.15) is 0 Å². The summed E-state index contributed by atoms with van der Waals surface area (Å²) in [6, 6.07) is -0.372. The molecule has 0 unspecified atom stereocenters. The monoisotopic (exact) mass is 790 g/mol. The van der Waals surface area contributed by atoms with Crippen molar-refractivity contribution in [3.8, 4) is 50.2 Å². The van der Waals surface area contributed by atoms with E-state index in [1.807, 2.05) is 71.3 Å². The molecule has 0 saturated heterocycles. The van der Waals surface area contributed by atoms with Crippen LogP contribution in [0, 0.1) is 0 Å². The molecule has 0 N–H and O–H groups in total. The van der Waals surface area contributed by atoms with Crippen molar-refractivity contribution < 1.29 is 35.6 Å². The Hall–Kier alpha value is -7.94. The number of nitrogens with zero attached hydrogens (tertiary/aromatic N) is 2. The molecule has 0 bridgehead atoms. The van der Waals surface area contributed by atoms with Crippen molar-refractivity contribution in [2.24, 2.45) is 0 Å². The molecule has 0 atom stereocenters. The lowest BCUT2D eigenvalue weighted by molar-refractivity contribution is 1.20. The maximum Gasteiger partial charge on any atom is 0.0645 e. The van der Waals surface area contributed by atoms with Crippen LogP contribution in [0.15, 0.2) is 242 Å². The number of para-hydroxylation sites is 2. The van der Waals surface area contributed by atoms with Gasteiger partial charge in [0, 0.05) is 33.1 Å². The van der Waals surface area contributed by atoms with E-state index in [0.717, 1.165) is 27.4 Å². The van der Waals surface area contributed by atoms with E-state index in [1.54, 1.807) is 18.2 Å². The van der Waals surface area contributed by atoms with Gasteiger partial charge in [0.25, 0.3) is 0 Å². The summed E-state index contributed by atoms with van der Waals surface area (Å²) in [4.78, 5) is 0.445. The number of hydrogen-bond acceptors (Lipinski definition) is 1. The van der Waals surface area contributed by atoms with Crippen LogP contribution >= 0.6 is 0 Å². The molecule has 0 aliphatic heterocycles. The van der Waals surface area contributed by atoms with E-state index in [2.05, 4.69) is 0 Å². The van der Waals surface area contributed by atoms with Crippen molar-refractivity contribution in [2.75, 3.05) is 4.90 Å². The molecular formula is C58H40N2. The molecule has 60 heavy (non-hydrogen) atoms. The highest BCUT2D eigenvalue weighted by atomic mass is 15.1. The standard InChI is InChI=1S/C58H40N2/c1-3-14-41(15-4-1)43-26-28-47(29-27-43)52-21-9-11-23-55(52)59(49-35-30-44(31-36-49)42-16-5-2-6-17-42)50-37-32-45(33-38-50)48-34-39-58-54(40-48)53-22-10-12-24-57(53)60(58)56-25-13-19-46-18-7-8-20-51(46)56/h1-40H/i1D,2D,3D,4D,5D,6D,9D,11D,14D,15D,16D,17D,21D,23D,26D,27D,28D,29D,30D,31D,32D,33D,35D,36D,37D,38D. The first-order chi connectivity index (χ1) is 40.6. The van der Waals surface area contributed by atoms with Crippen LogP contribution in [0.3, 0.4) is 0 Å². The van der Waals surface area contributed by atoms with Gasteiger partial charge in [0.05, 0.1) is 58.0 Å². The lowest BCUT2D eigenvalue weighted by Gasteiger charge is -2.28. The van der Waals surface area contributed by atoms with Gasteiger partial charge in [-0.1, -0.05) is 188 Å². The second-order valence-electron chi connectivity index (χ2n) is 13.3. The van der Waals surface area contributed by atoms with Crippen LogP contribution in [0.2, 0.25) is 0 Å². The lowest BCUT2D eigenvalue weighted by atomic mass is 9.98. The third-order valence-corrected chi connectivity index (χ3v) is 9.91. The first-order valence-corrected chi connectivity index (χ1v) is 18.5. The van der Waals surface area contributed by atoms with E-state index in [1.165, 1.54) is 0 Å². The Balaban J connectivity index is 1.25. The van der Waals surface area contributed by atoms with Gasteiger partial charge in [-0.25, -0.2) is 0 Å². The molecule has 0 radical (unpaired) electrons. The van der Waals surface area contributed by atoms with E-state index in [9.17, 15) is 19.2 Å². The minimum absolute atomic E-state index is 0.144. The average Bonchev–Trinajstić information content (AvgIpc) is 0.861. The molecule has 0 spiro atoms. The maximum atomic E-state index is 9.88. The van der Waals surface area contributed by atoms with Crippen molar-refractivity contribution in [3.05, 3.63) is 242 Å². The highest BCUT2D eigenvalue weighted by Crippen LogP contribution is 2.43. The summed E-state index contributed by atoms with van der Waals surface area (Å²) in [6.45, 7) is 0. The smallest absolute Gasteiger partial charge is 0.0645 e. The lowest BCUT2D eigenvalue weighted by Crippen LogP contribution is -2.11. The third kappa shape index (κ3) is 6.32. The highest BCUT2D eigenvalue weighted by molar-refractivity contribution is 6.11. The normalized spacial score (nSPS) is 17.4. The summed E-state index contributed by atoms with van der Waals surface area (Å²) in [5.41, 5.74) is -6.28. The SMILES string of the molecule is [2H]c1c([2H])c([2H])c(-c2c([2H])c([2H])c(-c3c([2H])c([2H])c([2H])c([2H])c3N(c3c([2H])c([2H])c(-c4ccc5c(c4)c4ccccc4n5-c4cccc5ccccc45)c([2H])c3[2H])c3c([2H])c([2H])c(-c4c([2H])c([2H])c([2H])c([2H])c4[2H])c([2H])c3[2H])c([2H])c2[2H])c([2H])c1[2H]. The number of hydrogen-bond donors (Lipinski definition) is 0. The van der Waals surface area contributed by atoms with Gasteiger partial charge in [-0.15, -0.1) is 0 Å². The molecule has 1 heterocycles. The Bertz CT molecular complexity index is 4710. The van der Waals surface area contributed by atoms with Crippen LogP contribution in [0.1, 0.15) is 35.6 Å². The van der Waals surface area contributed by atoms with Crippen molar-refractivity contribution >= 4 is 49.6 Å². The Morgan fingerprint density at radius 2 is 0.850 bits per heavy atom. The Kier molecular flexibility index (Phi) is 4.40. The molecule has 0 aliphatic carbocycles. The Labute approximate surface area is 387 Å². The molecule has 0 aliphatic rings. The average molecular weight is 791 g/mol. The maximum absolute atomic E-state index is 9.88. The van der Waals surface area contributed by atoms with E-state index < -0.39 is 208 Å². The number of aromatic nitrogens is 1. The molecule has 2 nitrogen and oxygen atoms in total. The molecule has 2 heteroatoms. The summed E-state index contributed by atoms with van der Waals surface area (Å²) in [7, 11) is 0. The summed E-state index contributed by atoms with van der Waals surface area (Å²) in [6.07, 6.45) is 0. The first kappa shape index (κ1) is 17.5. The van der Waals surface area contributed by atoms with Crippen LogP contribution in [0.5, 0.6) is 0 Å². The van der Waals surface area contributed by atoms with E-state index >= 15 is 0 Å². The fourth-order valence-electron chi connectivity index (χ4n) is 7.20. The van der Waals surface area contributed by atoms with E-state index in [4.69, 9.17) is 16.4 Å². The summed E-state index contributed by atoms with van der Waals surface area (Å²) >= 11 is 0.